The molecule has 82 valence electrons. The Morgan fingerprint density at radius 1 is 1.31 bits per heavy atom. The molecule has 1 heterocycles. The van der Waals surface area contributed by atoms with Crippen LogP contribution in [0.15, 0.2) is 34.8 Å². The first-order valence-electron chi connectivity index (χ1n) is 4.43. The molecule has 2 rings (SSSR count). The van der Waals surface area contributed by atoms with Crippen LogP contribution in [0.3, 0.4) is 0 Å². The van der Waals surface area contributed by atoms with Gasteiger partial charge in [0, 0.05) is 15.7 Å². The first-order chi connectivity index (χ1) is 7.58. The fourth-order valence-corrected chi connectivity index (χ4v) is 2.63. The molecule has 2 nitrogen and oxygen atoms in total. The zero-order valence-electron chi connectivity index (χ0n) is 8.04. The van der Waals surface area contributed by atoms with Crippen molar-refractivity contribution in [2.75, 3.05) is 5.73 Å². The highest BCUT2D eigenvalue weighted by molar-refractivity contribution is 9.10. The van der Waals surface area contributed by atoms with E-state index < -0.39 is 0 Å². The van der Waals surface area contributed by atoms with Gasteiger partial charge >= 0.3 is 0 Å². The number of hydrogen-bond acceptors (Lipinski definition) is 3. The average Bonchev–Trinajstić information content (AvgIpc) is 2.68. The van der Waals surface area contributed by atoms with Gasteiger partial charge in [-0.3, -0.25) is 4.79 Å². The average molecular weight is 317 g/mol. The highest BCUT2D eigenvalue weighted by Crippen LogP contribution is 2.26. The number of thiophene rings is 1. The molecule has 0 saturated heterocycles. The summed E-state index contributed by atoms with van der Waals surface area (Å²) in [5, 5.41) is 0. The van der Waals surface area contributed by atoms with Gasteiger partial charge in [0.15, 0.2) is 0 Å². The molecule has 0 radical (unpaired) electrons. The lowest BCUT2D eigenvalue weighted by Gasteiger charge is -2.01. The molecule has 1 aromatic carbocycles. The molecular formula is C11H7BrClNOS. The molecule has 0 saturated carbocycles. The smallest absolute Gasteiger partial charge is 0.203 e. The summed E-state index contributed by atoms with van der Waals surface area (Å²) in [7, 11) is 0. The molecule has 0 aliphatic heterocycles. The zero-order valence-corrected chi connectivity index (χ0v) is 11.2. The van der Waals surface area contributed by atoms with Crippen LogP contribution in [0.4, 0.5) is 5.69 Å². The molecule has 0 amide bonds. The minimum atomic E-state index is -0.0439. The third kappa shape index (κ3) is 2.29. The van der Waals surface area contributed by atoms with E-state index in [0.717, 1.165) is 4.47 Å². The lowest BCUT2D eigenvalue weighted by molar-refractivity contribution is 0.104. The van der Waals surface area contributed by atoms with Crippen LogP contribution in [0.5, 0.6) is 0 Å². The highest BCUT2D eigenvalue weighted by atomic mass is 79.9. The number of carbonyl (C=O) groups is 1. The summed E-state index contributed by atoms with van der Waals surface area (Å²) in [5.74, 6) is -0.0439. The van der Waals surface area contributed by atoms with Crippen molar-refractivity contribution in [2.24, 2.45) is 0 Å². The van der Waals surface area contributed by atoms with Gasteiger partial charge in [-0.2, -0.15) is 0 Å². The van der Waals surface area contributed by atoms with E-state index in [2.05, 4.69) is 15.9 Å². The van der Waals surface area contributed by atoms with Crippen molar-refractivity contribution in [3.05, 3.63) is 49.6 Å². The molecule has 0 aliphatic carbocycles. The van der Waals surface area contributed by atoms with Gasteiger partial charge in [0.2, 0.25) is 5.78 Å². The summed E-state index contributed by atoms with van der Waals surface area (Å²) < 4.78 is 1.33. The maximum Gasteiger partial charge on any atom is 0.203 e. The van der Waals surface area contributed by atoms with Crippen LogP contribution in [0, 0.1) is 0 Å². The molecule has 0 unspecified atom stereocenters. The van der Waals surface area contributed by atoms with Gasteiger partial charge in [-0.05, 0) is 46.3 Å². The topological polar surface area (TPSA) is 43.1 Å². The Bertz CT molecular complexity index is 553. The second kappa shape index (κ2) is 4.57. The summed E-state index contributed by atoms with van der Waals surface area (Å²) in [5.41, 5.74) is 6.86. The molecule has 2 N–H and O–H groups in total. The predicted molar refractivity (Wildman–Crippen MR) is 71.3 cm³/mol. The molecule has 0 atom stereocenters. The monoisotopic (exact) mass is 315 g/mol. The Morgan fingerprint density at radius 2 is 2.06 bits per heavy atom. The molecule has 0 aliphatic rings. The van der Waals surface area contributed by atoms with Crippen molar-refractivity contribution in [1.29, 1.82) is 0 Å². The molecule has 0 fully saturated rings. The highest BCUT2D eigenvalue weighted by Gasteiger charge is 2.12. The van der Waals surface area contributed by atoms with E-state index in [0.29, 0.717) is 20.5 Å². The SMILES string of the molecule is Nc1ccc(C(=O)c2ccc(Cl)s2)cc1Br. The number of nitrogen functional groups attached to an aromatic ring is 1. The Morgan fingerprint density at radius 3 is 2.62 bits per heavy atom. The van der Waals surface area contributed by atoms with Crippen molar-refractivity contribution < 1.29 is 4.79 Å². The van der Waals surface area contributed by atoms with E-state index in [4.69, 9.17) is 17.3 Å². The standard InChI is InChI=1S/C11H7BrClNOS/c12-7-5-6(1-2-8(7)14)11(15)9-3-4-10(13)16-9/h1-5H,14H2. The third-order valence-electron chi connectivity index (χ3n) is 2.06. The van der Waals surface area contributed by atoms with Gasteiger partial charge in [-0.1, -0.05) is 11.6 Å². The van der Waals surface area contributed by atoms with E-state index in [1.807, 2.05) is 0 Å². The van der Waals surface area contributed by atoms with Gasteiger partial charge in [-0.15, -0.1) is 11.3 Å². The van der Waals surface area contributed by atoms with Crippen LogP contribution in [-0.4, -0.2) is 5.78 Å². The van der Waals surface area contributed by atoms with Crippen LogP contribution in [0.1, 0.15) is 15.2 Å². The van der Waals surface area contributed by atoms with E-state index in [9.17, 15) is 4.79 Å². The fraction of sp³-hybridized carbons (Fsp3) is 0. The van der Waals surface area contributed by atoms with Crippen molar-refractivity contribution in [3.63, 3.8) is 0 Å². The van der Waals surface area contributed by atoms with Crippen LogP contribution >= 0.6 is 38.9 Å². The first kappa shape index (κ1) is 11.6. The fourth-order valence-electron chi connectivity index (χ4n) is 1.25. The number of anilines is 1. The van der Waals surface area contributed by atoms with E-state index >= 15 is 0 Å². The summed E-state index contributed by atoms with van der Waals surface area (Å²) in [4.78, 5) is 12.6. The van der Waals surface area contributed by atoms with Gasteiger partial charge in [0.1, 0.15) is 0 Å². The number of nitrogens with two attached hydrogens (primary N) is 1. The summed E-state index contributed by atoms with van der Waals surface area (Å²) in [6.45, 7) is 0. The Hall–Kier alpha value is -0.840. The van der Waals surface area contributed by atoms with Crippen molar-refractivity contribution in [3.8, 4) is 0 Å². The summed E-state index contributed by atoms with van der Waals surface area (Å²) in [6.07, 6.45) is 0. The molecule has 16 heavy (non-hydrogen) atoms. The number of ketones is 1. The third-order valence-corrected chi connectivity index (χ3v) is 3.98. The molecular weight excluding hydrogens is 310 g/mol. The van der Waals surface area contributed by atoms with Crippen LogP contribution < -0.4 is 5.73 Å². The summed E-state index contributed by atoms with van der Waals surface area (Å²) >= 11 is 10.3. The number of benzene rings is 1. The maximum absolute atomic E-state index is 12.0. The molecule has 1 aromatic heterocycles. The van der Waals surface area contributed by atoms with Crippen LogP contribution in [0.2, 0.25) is 4.34 Å². The Balaban J connectivity index is 2.38. The zero-order chi connectivity index (χ0) is 11.7. The number of rotatable bonds is 2. The minimum Gasteiger partial charge on any atom is -0.398 e. The lowest BCUT2D eigenvalue weighted by Crippen LogP contribution is -1.99. The maximum atomic E-state index is 12.0. The van der Waals surface area contributed by atoms with Crippen molar-refractivity contribution in [1.82, 2.24) is 0 Å². The molecule has 2 aromatic rings. The van der Waals surface area contributed by atoms with Gasteiger partial charge in [0.05, 0.1) is 9.21 Å². The normalized spacial score (nSPS) is 10.4. The quantitative estimate of drug-likeness (QED) is 0.673. The van der Waals surface area contributed by atoms with E-state index in [-0.39, 0.29) is 5.78 Å². The lowest BCUT2D eigenvalue weighted by atomic mass is 10.1. The number of halogens is 2. The van der Waals surface area contributed by atoms with Crippen molar-refractivity contribution in [2.45, 2.75) is 0 Å². The van der Waals surface area contributed by atoms with E-state index in [1.165, 1.54) is 11.3 Å². The number of carbonyl (C=O) groups excluding carboxylic acids is 1. The van der Waals surface area contributed by atoms with Crippen LogP contribution in [0.25, 0.3) is 0 Å². The molecule has 0 bridgehead atoms. The van der Waals surface area contributed by atoms with Gasteiger partial charge in [-0.25, -0.2) is 0 Å². The first-order valence-corrected chi connectivity index (χ1v) is 6.42. The largest absolute Gasteiger partial charge is 0.398 e. The predicted octanol–water partition coefficient (Wildman–Crippen LogP) is 3.98. The van der Waals surface area contributed by atoms with Crippen molar-refractivity contribution >= 4 is 50.3 Å². The molecule has 0 spiro atoms. The molecule has 5 heteroatoms. The number of hydrogen-bond donors (Lipinski definition) is 1. The second-order valence-corrected chi connectivity index (χ2v) is 5.74. The Labute approximate surface area is 110 Å². The van der Waals surface area contributed by atoms with Crippen LogP contribution in [-0.2, 0) is 0 Å². The van der Waals surface area contributed by atoms with Gasteiger partial charge < -0.3 is 5.73 Å². The summed E-state index contributed by atoms with van der Waals surface area (Å²) in [6, 6.07) is 8.55. The Kier molecular flexibility index (Phi) is 3.33. The van der Waals surface area contributed by atoms with Gasteiger partial charge in [0.25, 0.3) is 0 Å². The van der Waals surface area contributed by atoms with E-state index in [1.54, 1.807) is 30.3 Å². The second-order valence-electron chi connectivity index (χ2n) is 3.17. The minimum absolute atomic E-state index is 0.0439.